The summed E-state index contributed by atoms with van der Waals surface area (Å²) in [5.41, 5.74) is 3.55. The van der Waals surface area contributed by atoms with Crippen molar-refractivity contribution in [3.63, 3.8) is 0 Å². The normalized spacial score (nSPS) is 16.1. The van der Waals surface area contributed by atoms with Crippen molar-refractivity contribution in [2.45, 2.75) is 32.4 Å². The van der Waals surface area contributed by atoms with E-state index in [4.69, 9.17) is 0 Å². The van der Waals surface area contributed by atoms with Crippen molar-refractivity contribution < 1.29 is 0 Å². The SMILES string of the molecule is Cc1ccn2c(CNC3CC3)cnc2c1. The molecule has 1 aliphatic carbocycles. The van der Waals surface area contributed by atoms with Crippen LogP contribution in [0.25, 0.3) is 5.65 Å². The van der Waals surface area contributed by atoms with Crippen LogP contribution >= 0.6 is 0 Å². The predicted octanol–water partition coefficient (Wildman–Crippen LogP) is 1.89. The summed E-state index contributed by atoms with van der Waals surface area (Å²) in [6, 6.07) is 4.98. The fourth-order valence-electron chi connectivity index (χ4n) is 1.80. The Hall–Kier alpha value is -1.35. The lowest BCUT2D eigenvalue weighted by Gasteiger charge is -2.03. The summed E-state index contributed by atoms with van der Waals surface area (Å²) < 4.78 is 2.16. The Morgan fingerprint density at radius 2 is 2.40 bits per heavy atom. The number of fused-ring (bicyclic) bond motifs is 1. The number of rotatable bonds is 3. The van der Waals surface area contributed by atoms with Crippen molar-refractivity contribution in [3.8, 4) is 0 Å². The highest BCUT2D eigenvalue weighted by Crippen LogP contribution is 2.19. The van der Waals surface area contributed by atoms with Gasteiger partial charge >= 0.3 is 0 Å². The lowest BCUT2D eigenvalue weighted by Crippen LogP contribution is -2.16. The zero-order chi connectivity index (χ0) is 10.3. The largest absolute Gasteiger partial charge is 0.308 e. The van der Waals surface area contributed by atoms with Crippen LogP contribution in [-0.4, -0.2) is 15.4 Å². The van der Waals surface area contributed by atoms with Gasteiger partial charge in [0.2, 0.25) is 0 Å². The van der Waals surface area contributed by atoms with Gasteiger partial charge in [0.05, 0.1) is 11.9 Å². The van der Waals surface area contributed by atoms with Gasteiger partial charge < -0.3 is 9.72 Å². The van der Waals surface area contributed by atoms with Gasteiger partial charge in [0.25, 0.3) is 0 Å². The minimum atomic E-state index is 0.751. The molecule has 2 heterocycles. The van der Waals surface area contributed by atoms with E-state index in [0.29, 0.717) is 0 Å². The molecule has 0 aromatic carbocycles. The van der Waals surface area contributed by atoms with Crippen LogP contribution < -0.4 is 5.32 Å². The molecule has 1 fully saturated rings. The molecule has 2 aromatic heterocycles. The van der Waals surface area contributed by atoms with E-state index in [1.807, 2.05) is 6.20 Å². The van der Waals surface area contributed by atoms with Gasteiger partial charge in [0.15, 0.2) is 0 Å². The molecule has 0 bridgehead atoms. The Kier molecular flexibility index (Phi) is 1.99. The number of nitrogens with one attached hydrogen (secondary N) is 1. The molecular weight excluding hydrogens is 186 g/mol. The summed E-state index contributed by atoms with van der Waals surface area (Å²) in [7, 11) is 0. The molecule has 0 spiro atoms. The molecule has 3 nitrogen and oxygen atoms in total. The van der Waals surface area contributed by atoms with E-state index in [1.54, 1.807) is 0 Å². The van der Waals surface area contributed by atoms with Gasteiger partial charge in [-0.3, -0.25) is 0 Å². The average Bonchev–Trinajstić information content (AvgIpc) is 2.97. The lowest BCUT2D eigenvalue weighted by atomic mass is 10.3. The van der Waals surface area contributed by atoms with Crippen molar-refractivity contribution in [3.05, 3.63) is 35.8 Å². The number of aryl methyl sites for hydroxylation is 1. The molecule has 2 aromatic rings. The minimum absolute atomic E-state index is 0.751. The number of pyridine rings is 1. The van der Waals surface area contributed by atoms with E-state index in [2.05, 4.69) is 40.0 Å². The molecule has 0 radical (unpaired) electrons. The minimum Gasteiger partial charge on any atom is -0.308 e. The molecule has 0 amide bonds. The summed E-state index contributed by atoms with van der Waals surface area (Å²) in [5.74, 6) is 0. The Labute approximate surface area is 89.1 Å². The van der Waals surface area contributed by atoms with Gasteiger partial charge in [-0.15, -0.1) is 0 Å². The molecular formula is C12H15N3. The molecule has 0 aliphatic heterocycles. The van der Waals surface area contributed by atoms with E-state index in [9.17, 15) is 0 Å². The molecule has 1 saturated carbocycles. The van der Waals surface area contributed by atoms with E-state index in [-0.39, 0.29) is 0 Å². The maximum absolute atomic E-state index is 4.40. The first-order chi connectivity index (χ1) is 7.33. The second kappa shape index (κ2) is 3.35. The van der Waals surface area contributed by atoms with Gasteiger partial charge in [-0.1, -0.05) is 0 Å². The molecule has 0 atom stereocenters. The van der Waals surface area contributed by atoms with E-state index in [1.165, 1.54) is 24.1 Å². The quantitative estimate of drug-likeness (QED) is 0.821. The van der Waals surface area contributed by atoms with Gasteiger partial charge in [-0.25, -0.2) is 4.98 Å². The van der Waals surface area contributed by atoms with Crippen LogP contribution in [0.15, 0.2) is 24.5 Å². The molecule has 3 rings (SSSR count). The van der Waals surface area contributed by atoms with Gasteiger partial charge in [0, 0.05) is 18.8 Å². The predicted molar refractivity (Wildman–Crippen MR) is 59.8 cm³/mol. The lowest BCUT2D eigenvalue weighted by molar-refractivity contribution is 0.670. The molecule has 78 valence electrons. The summed E-state index contributed by atoms with van der Waals surface area (Å²) >= 11 is 0. The summed E-state index contributed by atoms with van der Waals surface area (Å²) in [6.45, 7) is 3.02. The number of aromatic nitrogens is 2. The zero-order valence-electron chi connectivity index (χ0n) is 8.90. The third-order valence-corrected chi connectivity index (χ3v) is 2.89. The molecule has 0 unspecified atom stereocenters. The van der Waals surface area contributed by atoms with Crippen LogP contribution in [0.2, 0.25) is 0 Å². The van der Waals surface area contributed by atoms with Crippen molar-refractivity contribution >= 4 is 5.65 Å². The summed E-state index contributed by atoms with van der Waals surface area (Å²) in [4.78, 5) is 4.40. The Morgan fingerprint density at radius 1 is 1.53 bits per heavy atom. The maximum Gasteiger partial charge on any atom is 0.137 e. The second-order valence-electron chi connectivity index (χ2n) is 4.34. The summed E-state index contributed by atoms with van der Waals surface area (Å²) in [5, 5.41) is 3.50. The fraction of sp³-hybridized carbons (Fsp3) is 0.417. The maximum atomic E-state index is 4.40. The molecule has 1 aliphatic rings. The second-order valence-corrected chi connectivity index (χ2v) is 4.34. The topological polar surface area (TPSA) is 29.3 Å². The van der Waals surface area contributed by atoms with Gasteiger partial charge in [-0.05, 0) is 37.5 Å². The first-order valence-corrected chi connectivity index (χ1v) is 5.49. The van der Waals surface area contributed by atoms with Crippen molar-refractivity contribution in [1.29, 1.82) is 0 Å². The number of hydrogen-bond acceptors (Lipinski definition) is 2. The fourth-order valence-corrected chi connectivity index (χ4v) is 1.80. The van der Waals surface area contributed by atoms with Crippen LogP contribution in [0.4, 0.5) is 0 Å². The Morgan fingerprint density at radius 3 is 3.20 bits per heavy atom. The number of nitrogens with zero attached hydrogens (tertiary/aromatic N) is 2. The van der Waals surface area contributed by atoms with Crippen molar-refractivity contribution in [1.82, 2.24) is 14.7 Å². The molecule has 3 heteroatoms. The first kappa shape index (κ1) is 8.92. The smallest absolute Gasteiger partial charge is 0.137 e. The van der Waals surface area contributed by atoms with E-state index >= 15 is 0 Å². The Balaban J connectivity index is 1.89. The van der Waals surface area contributed by atoms with Crippen molar-refractivity contribution in [2.75, 3.05) is 0 Å². The number of imidazole rings is 1. The summed E-state index contributed by atoms with van der Waals surface area (Å²) in [6.07, 6.45) is 6.72. The average molecular weight is 201 g/mol. The van der Waals surface area contributed by atoms with Crippen LogP contribution in [0.5, 0.6) is 0 Å². The van der Waals surface area contributed by atoms with E-state index < -0.39 is 0 Å². The first-order valence-electron chi connectivity index (χ1n) is 5.49. The van der Waals surface area contributed by atoms with Crippen molar-refractivity contribution in [2.24, 2.45) is 0 Å². The highest BCUT2D eigenvalue weighted by molar-refractivity contribution is 5.42. The molecule has 15 heavy (non-hydrogen) atoms. The standard InChI is InChI=1S/C12H15N3/c1-9-4-5-15-11(7-13-10-2-3-10)8-14-12(15)6-9/h4-6,8,10,13H,2-3,7H2,1H3. The third-order valence-electron chi connectivity index (χ3n) is 2.89. The molecule has 1 N–H and O–H groups in total. The highest BCUT2D eigenvalue weighted by atomic mass is 15.0. The Bertz CT molecular complexity index is 483. The monoisotopic (exact) mass is 201 g/mol. The van der Waals surface area contributed by atoms with Gasteiger partial charge in [-0.2, -0.15) is 0 Å². The highest BCUT2D eigenvalue weighted by Gasteiger charge is 2.20. The van der Waals surface area contributed by atoms with Crippen LogP contribution in [0.1, 0.15) is 24.1 Å². The van der Waals surface area contributed by atoms with E-state index in [0.717, 1.165) is 18.2 Å². The van der Waals surface area contributed by atoms with Gasteiger partial charge in [0.1, 0.15) is 5.65 Å². The van der Waals surface area contributed by atoms with Crippen LogP contribution in [-0.2, 0) is 6.54 Å². The zero-order valence-corrected chi connectivity index (χ0v) is 8.90. The molecule has 0 saturated heterocycles. The third kappa shape index (κ3) is 1.75. The van der Waals surface area contributed by atoms with Crippen LogP contribution in [0, 0.1) is 6.92 Å². The van der Waals surface area contributed by atoms with Crippen LogP contribution in [0.3, 0.4) is 0 Å². The number of hydrogen-bond donors (Lipinski definition) is 1.